The summed E-state index contributed by atoms with van der Waals surface area (Å²) in [5.74, 6) is -2.47. The summed E-state index contributed by atoms with van der Waals surface area (Å²) in [5, 5.41) is 11.7. The number of rotatable bonds is 7. The number of benzene rings is 1. The predicted molar refractivity (Wildman–Crippen MR) is 89.0 cm³/mol. The third kappa shape index (κ3) is 5.27. The number of carboxylic acids is 1. The third-order valence-electron chi connectivity index (χ3n) is 4.56. The average Bonchev–Trinajstić information content (AvgIpc) is 3.09. The molecule has 0 aliphatic heterocycles. The molecule has 0 bridgehead atoms. The van der Waals surface area contributed by atoms with Crippen LogP contribution >= 0.6 is 0 Å². The van der Waals surface area contributed by atoms with Crippen molar-refractivity contribution < 1.29 is 23.9 Å². The molecule has 1 aromatic rings. The molecule has 0 saturated heterocycles. The highest BCUT2D eigenvalue weighted by Gasteiger charge is 2.35. The van der Waals surface area contributed by atoms with Crippen molar-refractivity contribution in [2.45, 2.75) is 32.7 Å². The van der Waals surface area contributed by atoms with Gasteiger partial charge in [0, 0.05) is 19.0 Å². The molecular weight excluding hydrogens is 327 g/mol. The van der Waals surface area contributed by atoms with Crippen LogP contribution in [0.15, 0.2) is 24.3 Å². The molecule has 2 rings (SSSR count). The van der Waals surface area contributed by atoms with Gasteiger partial charge in [-0.2, -0.15) is 0 Å². The molecule has 2 N–H and O–H groups in total. The Balaban J connectivity index is 1.83. The first kappa shape index (κ1) is 18.9. The Bertz CT molecular complexity index is 632. The number of nitrogens with one attached hydrogen (secondary N) is 1. The minimum Gasteiger partial charge on any atom is -0.481 e. The number of amides is 2. The van der Waals surface area contributed by atoms with E-state index in [1.165, 1.54) is 17.0 Å². The maximum absolute atomic E-state index is 12.8. The standard InChI is InChI=1S/C18H23FN2O4/c1-2-21(17(23)13-5-6-14(9-13)18(24)25)11-16(22)20-10-12-3-7-15(19)8-4-12/h3-4,7-8,13-14H,2,5-6,9-11H2,1H3,(H,20,22)(H,24,25)/t13-,14+/m1/s1. The van der Waals surface area contributed by atoms with Crippen LogP contribution in [-0.2, 0) is 20.9 Å². The molecule has 1 aliphatic rings. The lowest BCUT2D eigenvalue weighted by Crippen LogP contribution is -2.42. The Morgan fingerprint density at radius 3 is 2.40 bits per heavy atom. The Kier molecular flexibility index (Phi) is 6.50. The van der Waals surface area contributed by atoms with Crippen LogP contribution in [0.5, 0.6) is 0 Å². The smallest absolute Gasteiger partial charge is 0.306 e. The van der Waals surface area contributed by atoms with Gasteiger partial charge in [-0.3, -0.25) is 14.4 Å². The van der Waals surface area contributed by atoms with E-state index in [1.54, 1.807) is 19.1 Å². The topological polar surface area (TPSA) is 86.7 Å². The van der Waals surface area contributed by atoms with Crippen molar-refractivity contribution in [2.24, 2.45) is 11.8 Å². The highest BCUT2D eigenvalue weighted by atomic mass is 19.1. The van der Waals surface area contributed by atoms with Crippen LogP contribution in [0.3, 0.4) is 0 Å². The summed E-state index contributed by atoms with van der Waals surface area (Å²) in [6.45, 7) is 2.37. The van der Waals surface area contributed by atoms with E-state index >= 15 is 0 Å². The van der Waals surface area contributed by atoms with E-state index in [0.717, 1.165) is 5.56 Å². The fraction of sp³-hybridized carbons (Fsp3) is 0.500. The van der Waals surface area contributed by atoms with Gasteiger partial charge >= 0.3 is 5.97 Å². The van der Waals surface area contributed by atoms with E-state index in [4.69, 9.17) is 5.11 Å². The van der Waals surface area contributed by atoms with E-state index in [2.05, 4.69) is 5.32 Å². The maximum Gasteiger partial charge on any atom is 0.306 e. The van der Waals surface area contributed by atoms with Crippen molar-refractivity contribution >= 4 is 17.8 Å². The van der Waals surface area contributed by atoms with Gasteiger partial charge < -0.3 is 15.3 Å². The van der Waals surface area contributed by atoms with Crippen LogP contribution in [0.25, 0.3) is 0 Å². The minimum atomic E-state index is -0.865. The van der Waals surface area contributed by atoms with Crippen molar-refractivity contribution in [3.63, 3.8) is 0 Å². The normalized spacial score (nSPS) is 19.4. The number of halogens is 1. The minimum absolute atomic E-state index is 0.0647. The highest BCUT2D eigenvalue weighted by Crippen LogP contribution is 2.32. The second-order valence-corrected chi connectivity index (χ2v) is 6.30. The first-order valence-electron chi connectivity index (χ1n) is 8.43. The number of carbonyl (C=O) groups is 3. The SMILES string of the molecule is CCN(CC(=O)NCc1ccc(F)cc1)C(=O)[C@@H]1CC[C@H](C(=O)O)C1. The van der Waals surface area contributed by atoms with Crippen LogP contribution < -0.4 is 5.32 Å². The molecule has 0 spiro atoms. The molecule has 0 radical (unpaired) electrons. The van der Waals surface area contributed by atoms with Crippen LogP contribution in [0.2, 0.25) is 0 Å². The molecule has 6 nitrogen and oxygen atoms in total. The number of nitrogens with zero attached hydrogens (tertiary/aromatic N) is 1. The molecule has 1 aliphatic carbocycles. The molecule has 1 saturated carbocycles. The monoisotopic (exact) mass is 350 g/mol. The molecule has 25 heavy (non-hydrogen) atoms. The fourth-order valence-electron chi connectivity index (χ4n) is 3.07. The zero-order chi connectivity index (χ0) is 18.4. The molecule has 2 atom stereocenters. The van der Waals surface area contributed by atoms with E-state index in [0.29, 0.717) is 25.8 Å². The second kappa shape index (κ2) is 8.60. The van der Waals surface area contributed by atoms with Gasteiger partial charge in [0.1, 0.15) is 5.82 Å². The number of hydrogen-bond donors (Lipinski definition) is 2. The Morgan fingerprint density at radius 1 is 1.20 bits per heavy atom. The lowest BCUT2D eigenvalue weighted by Gasteiger charge is -2.23. The van der Waals surface area contributed by atoms with E-state index < -0.39 is 11.9 Å². The number of carbonyl (C=O) groups excluding carboxylic acids is 2. The second-order valence-electron chi connectivity index (χ2n) is 6.30. The summed E-state index contributed by atoms with van der Waals surface area (Å²) in [6, 6.07) is 5.82. The first-order chi connectivity index (χ1) is 11.9. The van der Waals surface area contributed by atoms with E-state index in [9.17, 15) is 18.8 Å². The largest absolute Gasteiger partial charge is 0.481 e. The van der Waals surface area contributed by atoms with Gasteiger partial charge in [-0.05, 0) is 43.9 Å². The Labute approximate surface area is 146 Å². The summed E-state index contributed by atoms with van der Waals surface area (Å²) in [5.41, 5.74) is 0.768. The van der Waals surface area contributed by atoms with E-state index in [-0.39, 0.29) is 36.6 Å². The quantitative estimate of drug-likeness (QED) is 0.785. The molecular formula is C18H23FN2O4. The average molecular weight is 350 g/mol. The zero-order valence-corrected chi connectivity index (χ0v) is 14.2. The predicted octanol–water partition coefficient (Wildman–Crippen LogP) is 1.79. The lowest BCUT2D eigenvalue weighted by atomic mass is 10.0. The van der Waals surface area contributed by atoms with Gasteiger partial charge in [0.25, 0.3) is 0 Å². The van der Waals surface area contributed by atoms with Gasteiger partial charge in [0.2, 0.25) is 11.8 Å². The summed E-state index contributed by atoms with van der Waals surface area (Å²) < 4.78 is 12.8. The summed E-state index contributed by atoms with van der Waals surface area (Å²) in [4.78, 5) is 37.0. The molecule has 1 fully saturated rings. The molecule has 0 unspecified atom stereocenters. The highest BCUT2D eigenvalue weighted by molar-refractivity contribution is 5.86. The van der Waals surface area contributed by atoms with Crippen LogP contribution in [0.4, 0.5) is 4.39 Å². The maximum atomic E-state index is 12.8. The third-order valence-corrected chi connectivity index (χ3v) is 4.56. The lowest BCUT2D eigenvalue weighted by molar-refractivity contribution is -0.142. The summed E-state index contributed by atoms with van der Waals surface area (Å²) in [6.07, 6.45) is 1.38. The summed E-state index contributed by atoms with van der Waals surface area (Å²) in [7, 11) is 0. The van der Waals surface area contributed by atoms with E-state index in [1.807, 2.05) is 0 Å². The van der Waals surface area contributed by atoms with Crippen molar-refractivity contribution in [3.05, 3.63) is 35.6 Å². The molecule has 2 amide bonds. The molecule has 7 heteroatoms. The number of carboxylic acid groups (broad SMARTS) is 1. The van der Waals surface area contributed by atoms with Gasteiger partial charge in [-0.25, -0.2) is 4.39 Å². The number of aliphatic carboxylic acids is 1. The van der Waals surface area contributed by atoms with Gasteiger partial charge in [-0.1, -0.05) is 12.1 Å². The van der Waals surface area contributed by atoms with Crippen LogP contribution in [0.1, 0.15) is 31.7 Å². The van der Waals surface area contributed by atoms with Crippen molar-refractivity contribution in [3.8, 4) is 0 Å². The van der Waals surface area contributed by atoms with Crippen molar-refractivity contribution in [1.29, 1.82) is 0 Å². The van der Waals surface area contributed by atoms with Gasteiger partial charge in [0.05, 0.1) is 12.5 Å². The molecule has 1 aromatic carbocycles. The number of hydrogen-bond acceptors (Lipinski definition) is 3. The molecule has 0 heterocycles. The Morgan fingerprint density at radius 2 is 1.84 bits per heavy atom. The Hall–Kier alpha value is -2.44. The first-order valence-corrected chi connectivity index (χ1v) is 8.43. The van der Waals surface area contributed by atoms with Crippen LogP contribution in [0, 0.1) is 17.7 Å². The fourth-order valence-corrected chi connectivity index (χ4v) is 3.07. The van der Waals surface area contributed by atoms with Gasteiger partial charge in [-0.15, -0.1) is 0 Å². The summed E-state index contributed by atoms with van der Waals surface area (Å²) >= 11 is 0. The van der Waals surface area contributed by atoms with Crippen molar-refractivity contribution in [2.75, 3.05) is 13.1 Å². The zero-order valence-electron chi connectivity index (χ0n) is 14.2. The number of likely N-dealkylation sites (N-methyl/N-ethyl adjacent to an activating group) is 1. The van der Waals surface area contributed by atoms with Crippen molar-refractivity contribution in [1.82, 2.24) is 10.2 Å². The molecule has 136 valence electrons. The van der Waals surface area contributed by atoms with Crippen LogP contribution in [-0.4, -0.2) is 40.9 Å². The van der Waals surface area contributed by atoms with Gasteiger partial charge in [0.15, 0.2) is 0 Å². The molecule has 0 aromatic heterocycles.